The van der Waals surface area contributed by atoms with E-state index in [1.807, 2.05) is 25.9 Å². The third-order valence-corrected chi connectivity index (χ3v) is 3.11. The van der Waals surface area contributed by atoms with Crippen molar-refractivity contribution in [2.75, 3.05) is 32.1 Å². The third kappa shape index (κ3) is 3.46. The number of amides is 1. The average Bonchev–Trinajstić information content (AvgIpc) is 2.88. The maximum Gasteiger partial charge on any atom is 0.246 e. The van der Waals surface area contributed by atoms with Crippen LogP contribution in [-0.2, 0) is 4.79 Å². The minimum Gasteiger partial charge on any atom is -0.471 e. The molecule has 0 aliphatic carbocycles. The van der Waals surface area contributed by atoms with Crippen molar-refractivity contribution in [3.05, 3.63) is 24.5 Å². The van der Waals surface area contributed by atoms with Gasteiger partial charge in [0.15, 0.2) is 5.82 Å². The summed E-state index contributed by atoms with van der Waals surface area (Å²) in [5.41, 5.74) is 0. The summed E-state index contributed by atoms with van der Waals surface area (Å²) in [5.74, 6) is 1.29. The van der Waals surface area contributed by atoms with E-state index in [9.17, 15) is 4.79 Å². The molecule has 0 saturated carbocycles. The van der Waals surface area contributed by atoms with Crippen molar-refractivity contribution in [3.63, 3.8) is 0 Å². The van der Waals surface area contributed by atoms with E-state index in [1.54, 1.807) is 29.4 Å². The van der Waals surface area contributed by atoms with Crippen LogP contribution in [0.3, 0.4) is 0 Å². The summed E-state index contributed by atoms with van der Waals surface area (Å²) in [7, 11) is 3.81. The monoisotopic (exact) mass is 276 g/mol. The number of hydrogen-bond acceptors (Lipinski definition) is 5. The first-order valence-corrected chi connectivity index (χ1v) is 6.67. The molecular formula is C14H20N4O2. The Morgan fingerprint density at radius 3 is 3.00 bits per heavy atom. The first-order chi connectivity index (χ1) is 9.60. The molecule has 0 N–H and O–H groups in total. The second kappa shape index (κ2) is 6.36. The summed E-state index contributed by atoms with van der Waals surface area (Å²) >= 11 is 0. The zero-order valence-corrected chi connectivity index (χ0v) is 12.1. The lowest BCUT2D eigenvalue weighted by molar-refractivity contribution is -0.125. The number of nitrogens with zero attached hydrogens (tertiary/aromatic N) is 4. The molecule has 0 radical (unpaired) electrons. The van der Waals surface area contributed by atoms with Gasteiger partial charge in [-0.2, -0.15) is 4.98 Å². The molecule has 1 saturated heterocycles. The SMILES string of the molecule is C/C=C/C(=O)N1CCC(Oc2cncc(N(C)C)n2)C1. The number of aromatic nitrogens is 2. The molecule has 6 heteroatoms. The number of likely N-dealkylation sites (tertiary alicyclic amines) is 1. The molecule has 1 amide bonds. The zero-order valence-electron chi connectivity index (χ0n) is 12.1. The molecular weight excluding hydrogens is 256 g/mol. The van der Waals surface area contributed by atoms with Gasteiger partial charge in [0, 0.05) is 27.1 Å². The molecule has 20 heavy (non-hydrogen) atoms. The second-order valence-corrected chi connectivity index (χ2v) is 4.92. The van der Waals surface area contributed by atoms with E-state index in [4.69, 9.17) is 4.74 Å². The van der Waals surface area contributed by atoms with Crippen molar-refractivity contribution >= 4 is 11.7 Å². The summed E-state index contributed by atoms with van der Waals surface area (Å²) in [5, 5.41) is 0. The van der Waals surface area contributed by atoms with Gasteiger partial charge in [-0.1, -0.05) is 6.08 Å². The molecule has 1 aromatic heterocycles. The maximum atomic E-state index is 11.7. The number of hydrogen-bond donors (Lipinski definition) is 0. The van der Waals surface area contributed by atoms with E-state index in [1.165, 1.54) is 0 Å². The Balaban J connectivity index is 1.95. The third-order valence-electron chi connectivity index (χ3n) is 3.11. The van der Waals surface area contributed by atoms with E-state index in [2.05, 4.69) is 9.97 Å². The highest BCUT2D eigenvalue weighted by atomic mass is 16.5. The van der Waals surface area contributed by atoms with Gasteiger partial charge in [0.1, 0.15) is 6.10 Å². The summed E-state index contributed by atoms with van der Waals surface area (Å²) in [6, 6.07) is 0. The highest BCUT2D eigenvalue weighted by molar-refractivity contribution is 5.87. The van der Waals surface area contributed by atoms with Gasteiger partial charge in [0.2, 0.25) is 11.8 Å². The van der Waals surface area contributed by atoms with Crippen LogP contribution in [0.1, 0.15) is 13.3 Å². The molecule has 1 aliphatic heterocycles. The lowest BCUT2D eigenvalue weighted by Crippen LogP contribution is -2.29. The van der Waals surface area contributed by atoms with Crippen molar-refractivity contribution in [3.8, 4) is 5.88 Å². The zero-order chi connectivity index (χ0) is 14.5. The lowest BCUT2D eigenvalue weighted by Gasteiger charge is -2.16. The van der Waals surface area contributed by atoms with Crippen LogP contribution >= 0.6 is 0 Å². The fraction of sp³-hybridized carbons (Fsp3) is 0.500. The number of carbonyl (C=O) groups excluding carboxylic acids is 1. The lowest BCUT2D eigenvalue weighted by atomic mass is 10.3. The molecule has 108 valence electrons. The van der Waals surface area contributed by atoms with E-state index < -0.39 is 0 Å². The Morgan fingerprint density at radius 1 is 1.50 bits per heavy atom. The van der Waals surface area contributed by atoms with Crippen LogP contribution in [0.5, 0.6) is 5.88 Å². The van der Waals surface area contributed by atoms with Crippen molar-refractivity contribution < 1.29 is 9.53 Å². The minimum absolute atomic E-state index is 0.0177. The van der Waals surface area contributed by atoms with Crippen molar-refractivity contribution in [2.45, 2.75) is 19.4 Å². The highest BCUT2D eigenvalue weighted by Crippen LogP contribution is 2.18. The molecule has 2 rings (SSSR count). The van der Waals surface area contributed by atoms with Gasteiger partial charge in [-0.05, 0) is 13.0 Å². The van der Waals surface area contributed by atoms with Crippen molar-refractivity contribution in [1.82, 2.24) is 14.9 Å². The predicted octanol–water partition coefficient (Wildman–Crippen LogP) is 1.10. The van der Waals surface area contributed by atoms with Crippen LogP contribution in [0, 0.1) is 0 Å². The van der Waals surface area contributed by atoms with Crippen LogP contribution in [0.15, 0.2) is 24.5 Å². The van der Waals surface area contributed by atoms with Gasteiger partial charge >= 0.3 is 0 Å². The second-order valence-electron chi connectivity index (χ2n) is 4.92. The van der Waals surface area contributed by atoms with Crippen molar-refractivity contribution in [1.29, 1.82) is 0 Å². The standard InChI is InChI=1S/C14H20N4O2/c1-4-5-14(19)18-7-6-11(10-18)20-13-9-15-8-12(16-13)17(2)3/h4-5,8-9,11H,6-7,10H2,1-3H3/b5-4+. The maximum absolute atomic E-state index is 11.7. The van der Waals surface area contributed by atoms with Gasteiger partial charge in [-0.3, -0.25) is 9.78 Å². The molecule has 1 fully saturated rings. The normalized spacial score (nSPS) is 18.6. The largest absolute Gasteiger partial charge is 0.471 e. The number of allylic oxidation sites excluding steroid dienone is 1. The molecule has 1 atom stereocenters. The van der Waals surface area contributed by atoms with E-state index in [0.29, 0.717) is 19.0 Å². The topological polar surface area (TPSA) is 58.6 Å². The quantitative estimate of drug-likeness (QED) is 0.771. The predicted molar refractivity (Wildman–Crippen MR) is 76.8 cm³/mol. The summed E-state index contributed by atoms with van der Waals surface area (Å²) in [6.45, 7) is 3.15. The van der Waals surface area contributed by atoms with Gasteiger partial charge < -0.3 is 14.5 Å². The summed E-state index contributed by atoms with van der Waals surface area (Å²) in [6.07, 6.45) is 7.41. The molecule has 1 aromatic rings. The first kappa shape index (κ1) is 14.3. The Hall–Kier alpha value is -2.11. The number of carbonyl (C=O) groups is 1. The smallest absolute Gasteiger partial charge is 0.246 e. The number of ether oxygens (including phenoxy) is 1. The van der Waals surface area contributed by atoms with Gasteiger partial charge in [-0.15, -0.1) is 0 Å². The number of rotatable bonds is 4. The van der Waals surface area contributed by atoms with Crippen LogP contribution < -0.4 is 9.64 Å². The van der Waals surface area contributed by atoms with Gasteiger partial charge in [0.05, 0.1) is 18.9 Å². The first-order valence-electron chi connectivity index (χ1n) is 6.67. The highest BCUT2D eigenvalue weighted by Gasteiger charge is 2.26. The molecule has 2 heterocycles. The van der Waals surface area contributed by atoms with Crippen LogP contribution in [0.2, 0.25) is 0 Å². The van der Waals surface area contributed by atoms with Gasteiger partial charge in [0.25, 0.3) is 0 Å². The van der Waals surface area contributed by atoms with E-state index in [0.717, 1.165) is 12.2 Å². The molecule has 1 unspecified atom stereocenters. The van der Waals surface area contributed by atoms with Crippen LogP contribution in [0.25, 0.3) is 0 Å². The summed E-state index contributed by atoms with van der Waals surface area (Å²) < 4.78 is 5.81. The fourth-order valence-electron chi connectivity index (χ4n) is 2.05. The Labute approximate surface area is 119 Å². The number of anilines is 1. The van der Waals surface area contributed by atoms with Crippen LogP contribution in [0.4, 0.5) is 5.82 Å². The molecule has 0 bridgehead atoms. The molecule has 0 spiro atoms. The molecule has 6 nitrogen and oxygen atoms in total. The Kier molecular flexibility index (Phi) is 4.55. The van der Waals surface area contributed by atoms with Gasteiger partial charge in [-0.25, -0.2) is 0 Å². The summed E-state index contributed by atoms with van der Waals surface area (Å²) in [4.78, 5) is 23.9. The van der Waals surface area contributed by atoms with E-state index >= 15 is 0 Å². The van der Waals surface area contributed by atoms with E-state index in [-0.39, 0.29) is 12.0 Å². The molecule has 1 aliphatic rings. The van der Waals surface area contributed by atoms with Crippen LogP contribution in [-0.4, -0.2) is 54.1 Å². The minimum atomic E-state index is -0.0177. The average molecular weight is 276 g/mol. The fourth-order valence-corrected chi connectivity index (χ4v) is 2.05. The van der Waals surface area contributed by atoms with Crippen molar-refractivity contribution in [2.24, 2.45) is 0 Å². The Bertz CT molecular complexity index is 502. The molecule has 0 aromatic carbocycles. The Morgan fingerprint density at radius 2 is 2.30 bits per heavy atom.